The Morgan fingerprint density at radius 2 is 2.20 bits per heavy atom. The zero-order valence-electron chi connectivity index (χ0n) is 11.1. The maximum atomic E-state index is 12.2. The molecule has 1 heterocycles. The van der Waals surface area contributed by atoms with Crippen molar-refractivity contribution in [3.63, 3.8) is 0 Å². The topological polar surface area (TPSA) is 74.2 Å². The van der Waals surface area contributed by atoms with Gasteiger partial charge in [-0.3, -0.25) is 0 Å². The van der Waals surface area contributed by atoms with Gasteiger partial charge in [-0.05, 0) is 31.5 Å². The van der Waals surface area contributed by atoms with E-state index in [9.17, 15) is 8.78 Å². The molecule has 2 aromatic rings. The molecule has 0 saturated heterocycles. The minimum atomic E-state index is -2.88. The van der Waals surface area contributed by atoms with Gasteiger partial charge in [-0.2, -0.15) is 13.8 Å². The summed E-state index contributed by atoms with van der Waals surface area (Å²) in [6, 6.07) is 6.06. The molecule has 0 aliphatic heterocycles. The van der Waals surface area contributed by atoms with Crippen LogP contribution in [0.3, 0.4) is 0 Å². The van der Waals surface area contributed by atoms with Crippen molar-refractivity contribution >= 4 is 0 Å². The summed E-state index contributed by atoms with van der Waals surface area (Å²) in [7, 11) is 0. The number of ether oxygens (including phenoxy) is 1. The van der Waals surface area contributed by atoms with Gasteiger partial charge in [0.05, 0.1) is 5.54 Å². The lowest BCUT2D eigenvalue weighted by molar-refractivity contribution is -0.0498. The van der Waals surface area contributed by atoms with Crippen molar-refractivity contribution in [2.75, 3.05) is 0 Å². The third-order valence-electron chi connectivity index (χ3n) is 2.98. The highest BCUT2D eigenvalue weighted by Crippen LogP contribution is 2.26. The predicted octanol–water partition coefficient (Wildman–Crippen LogP) is 2.92. The second-order valence-electron chi connectivity index (χ2n) is 4.60. The molecule has 0 aliphatic rings. The van der Waals surface area contributed by atoms with Crippen molar-refractivity contribution in [1.82, 2.24) is 10.1 Å². The smallest absolute Gasteiger partial charge is 0.387 e. The van der Waals surface area contributed by atoms with E-state index in [0.29, 0.717) is 17.8 Å². The largest absolute Gasteiger partial charge is 0.435 e. The lowest BCUT2D eigenvalue weighted by atomic mass is 10.00. The molecule has 0 bridgehead atoms. The molecule has 1 unspecified atom stereocenters. The maximum absolute atomic E-state index is 12.2. The quantitative estimate of drug-likeness (QED) is 0.913. The van der Waals surface area contributed by atoms with Crippen LogP contribution in [0.1, 0.15) is 26.1 Å². The second-order valence-corrected chi connectivity index (χ2v) is 4.60. The first kappa shape index (κ1) is 14.4. The van der Waals surface area contributed by atoms with Crippen LogP contribution in [-0.2, 0) is 5.54 Å². The van der Waals surface area contributed by atoms with Crippen molar-refractivity contribution in [3.05, 3.63) is 30.1 Å². The second kappa shape index (κ2) is 5.54. The highest BCUT2D eigenvalue weighted by molar-refractivity contribution is 5.55. The van der Waals surface area contributed by atoms with Crippen LogP contribution in [-0.4, -0.2) is 16.8 Å². The Morgan fingerprint density at radius 3 is 2.85 bits per heavy atom. The van der Waals surface area contributed by atoms with E-state index in [1.54, 1.807) is 19.1 Å². The van der Waals surface area contributed by atoms with Gasteiger partial charge in [0.1, 0.15) is 5.75 Å². The normalized spacial score (nSPS) is 14.3. The molecule has 0 radical (unpaired) electrons. The number of halogens is 2. The van der Waals surface area contributed by atoms with Crippen LogP contribution in [0.2, 0.25) is 0 Å². The first-order chi connectivity index (χ1) is 9.42. The van der Waals surface area contributed by atoms with Gasteiger partial charge in [0.15, 0.2) is 5.82 Å². The molecule has 0 aliphatic carbocycles. The molecule has 2 rings (SSSR count). The molecule has 0 fully saturated rings. The highest BCUT2D eigenvalue weighted by Gasteiger charge is 2.25. The first-order valence-electron chi connectivity index (χ1n) is 6.10. The summed E-state index contributed by atoms with van der Waals surface area (Å²) >= 11 is 0. The molecule has 108 valence electrons. The van der Waals surface area contributed by atoms with E-state index in [2.05, 4.69) is 14.9 Å². The summed E-state index contributed by atoms with van der Waals surface area (Å²) in [6.45, 7) is 0.821. The number of aromatic nitrogens is 2. The third-order valence-corrected chi connectivity index (χ3v) is 2.98. The fraction of sp³-hybridized carbons (Fsp3) is 0.385. The number of alkyl halides is 2. The van der Waals surface area contributed by atoms with E-state index in [0.717, 1.165) is 0 Å². The van der Waals surface area contributed by atoms with Crippen LogP contribution in [0, 0.1) is 0 Å². The Bertz CT molecular complexity index is 585. The SMILES string of the molecule is CCC(C)(N)c1noc(-c2cccc(OC(F)F)c2)n1. The zero-order valence-corrected chi connectivity index (χ0v) is 11.1. The van der Waals surface area contributed by atoms with Gasteiger partial charge >= 0.3 is 6.61 Å². The summed E-state index contributed by atoms with van der Waals surface area (Å²) in [5.74, 6) is 0.614. The molecule has 0 spiro atoms. The van der Waals surface area contributed by atoms with Crippen LogP contribution in [0.25, 0.3) is 11.5 Å². The van der Waals surface area contributed by atoms with Gasteiger partial charge < -0.3 is 15.0 Å². The molecule has 7 heteroatoms. The summed E-state index contributed by atoms with van der Waals surface area (Å²) < 4.78 is 33.8. The number of nitrogens with two attached hydrogens (primary N) is 1. The minimum absolute atomic E-state index is 0.0308. The zero-order chi connectivity index (χ0) is 14.8. The molecule has 5 nitrogen and oxygen atoms in total. The van der Waals surface area contributed by atoms with Gasteiger partial charge in [-0.15, -0.1) is 0 Å². The Labute approximate surface area is 114 Å². The average Bonchev–Trinajstić information content (AvgIpc) is 2.88. The lowest BCUT2D eigenvalue weighted by Gasteiger charge is -2.16. The van der Waals surface area contributed by atoms with Gasteiger partial charge in [0, 0.05) is 5.56 Å². The highest BCUT2D eigenvalue weighted by atomic mass is 19.3. The van der Waals surface area contributed by atoms with Gasteiger partial charge in [0.25, 0.3) is 5.89 Å². The van der Waals surface area contributed by atoms with Crippen molar-refractivity contribution in [3.8, 4) is 17.2 Å². The van der Waals surface area contributed by atoms with Crippen molar-refractivity contribution in [2.24, 2.45) is 5.73 Å². The van der Waals surface area contributed by atoms with Gasteiger partial charge in [-0.1, -0.05) is 18.1 Å². The first-order valence-corrected chi connectivity index (χ1v) is 6.10. The van der Waals surface area contributed by atoms with E-state index in [-0.39, 0.29) is 11.6 Å². The van der Waals surface area contributed by atoms with Crippen LogP contribution >= 0.6 is 0 Å². The molecule has 20 heavy (non-hydrogen) atoms. The van der Waals surface area contributed by atoms with E-state index in [4.69, 9.17) is 10.3 Å². The Balaban J connectivity index is 2.28. The number of benzene rings is 1. The van der Waals surface area contributed by atoms with Crippen molar-refractivity contribution in [2.45, 2.75) is 32.4 Å². The maximum Gasteiger partial charge on any atom is 0.387 e. The third kappa shape index (κ3) is 3.11. The number of nitrogens with zero attached hydrogens (tertiary/aromatic N) is 2. The number of hydrogen-bond donors (Lipinski definition) is 1. The van der Waals surface area contributed by atoms with Crippen LogP contribution in [0.5, 0.6) is 5.75 Å². The minimum Gasteiger partial charge on any atom is -0.435 e. The summed E-state index contributed by atoms with van der Waals surface area (Å²) in [5, 5.41) is 3.83. The Morgan fingerprint density at radius 1 is 1.45 bits per heavy atom. The predicted molar refractivity (Wildman–Crippen MR) is 68.2 cm³/mol. The molecule has 0 saturated carbocycles. The van der Waals surface area contributed by atoms with Crippen molar-refractivity contribution in [1.29, 1.82) is 0 Å². The van der Waals surface area contributed by atoms with Gasteiger partial charge in [0.2, 0.25) is 0 Å². The summed E-state index contributed by atoms with van der Waals surface area (Å²) in [5.41, 5.74) is 5.81. The average molecular weight is 283 g/mol. The van der Waals surface area contributed by atoms with E-state index in [1.165, 1.54) is 12.1 Å². The number of hydrogen-bond acceptors (Lipinski definition) is 5. The molecular formula is C13H15F2N3O2. The number of rotatable bonds is 5. The van der Waals surface area contributed by atoms with Crippen molar-refractivity contribution < 1.29 is 18.0 Å². The molecule has 1 aromatic heterocycles. The molecule has 2 N–H and O–H groups in total. The Hall–Kier alpha value is -2.02. The van der Waals surface area contributed by atoms with E-state index >= 15 is 0 Å². The summed E-state index contributed by atoms with van der Waals surface area (Å²) in [4.78, 5) is 4.20. The molecule has 1 aromatic carbocycles. The summed E-state index contributed by atoms with van der Waals surface area (Å²) in [6.07, 6.45) is 0.639. The Kier molecular flexibility index (Phi) is 3.99. The fourth-order valence-corrected chi connectivity index (χ4v) is 1.54. The van der Waals surface area contributed by atoms with E-state index in [1.807, 2.05) is 6.92 Å². The lowest BCUT2D eigenvalue weighted by Crippen LogP contribution is -2.33. The monoisotopic (exact) mass is 283 g/mol. The molecule has 0 amide bonds. The van der Waals surface area contributed by atoms with Crippen LogP contribution < -0.4 is 10.5 Å². The fourth-order valence-electron chi connectivity index (χ4n) is 1.54. The molecule has 1 atom stereocenters. The van der Waals surface area contributed by atoms with Crippen LogP contribution in [0.15, 0.2) is 28.8 Å². The standard InChI is InChI=1S/C13H15F2N3O2/c1-3-13(2,16)11-17-10(20-18-11)8-5-4-6-9(7-8)19-12(14)15/h4-7,12H,3,16H2,1-2H3. The van der Waals surface area contributed by atoms with E-state index < -0.39 is 12.2 Å². The van der Waals surface area contributed by atoms with Gasteiger partial charge in [-0.25, -0.2) is 0 Å². The van der Waals surface area contributed by atoms with Crippen LogP contribution in [0.4, 0.5) is 8.78 Å². The molecular weight excluding hydrogens is 268 g/mol.